The number of benzene rings is 1. The van der Waals surface area contributed by atoms with Gasteiger partial charge >= 0.3 is 6.18 Å². The molecule has 0 unspecified atom stereocenters. The molecular formula is C25H30ClF3N4O4S. The summed E-state index contributed by atoms with van der Waals surface area (Å²) in [7, 11) is 0. The van der Waals surface area contributed by atoms with Gasteiger partial charge in [-0.15, -0.1) is 11.3 Å². The number of rotatable bonds is 10. The first kappa shape index (κ1) is 29.9. The zero-order valence-corrected chi connectivity index (χ0v) is 22.8. The second-order valence-corrected chi connectivity index (χ2v) is 10.8. The smallest absolute Gasteiger partial charge is 0.370 e. The molecule has 38 heavy (non-hydrogen) atoms. The van der Waals surface area contributed by atoms with E-state index in [1.54, 1.807) is 17.0 Å². The normalized spacial score (nSPS) is 15.2. The number of thiophene rings is 1. The van der Waals surface area contributed by atoms with Crippen molar-refractivity contribution in [3.05, 3.63) is 45.1 Å². The Morgan fingerprint density at radius 2 is 1.97 bits per heavy atom. The van der Waals surface area contributed by atoms with E-state index in [9.17, 15) is 27.6 Å². The Labute approximate surface area is 228 Å². The summed E-state index contributed by atoms with van der Waals surface area (Å²) in [5.74, 6) is -1.42. The number of carbonyl (C=O) groups is 3. The summed E-state index contributed by atoms with van der Waals surface area (Å²) in [6, 6.07) is 5.54. The van der Waals surface area contributed by atoms with Crippen LogP contribution in [0, 0.1) is 5.92 Å². The van der Waals surface area contributed by atoms with Gasteiger partial charge in [-0.1, -0.05) is 32.4 Å². The van der Waals surface area contributed by atoms with E-state index in [-0.39, 0.29) is 37.9 Å². The number of carbonyl (C=O) groups excluding carboxylic acids is 3. The molecule has 2 aromatic rings. The molecule has 3 amide bonds. The fraction of sp³-hybridized carbons (Fsp3) is 0.480. The van der Waals surface area contributed by atoms with Gasteiger partial charge in [-0.3, -0.25) is 19.3 Å². The predicted octanol–water partition coefficient (Wildman–Crippen LogP) is 4.50. The highest BCUT2D eigenvalue weighted by Crippen LogP contribution is 2.38. The van der Waals surface area contributed by atoms with Crippen LogP contribution in [0.1, 0.15) is 36.0 Å². The lowest BCUT2D eigenvalue weighted by atomic mass is 10.1. The van der Waals surface area contributed by atoms with Crippen molar-refractivity contribution in [2.45, 2.75) is 33.0 Å². The van der Waals surface area contributed by atoms with Gasteiger partial charge in [0.15, 0.2) is 0 Å². The molecule has 1 aromatic carbocycles. The van der Waals surface area contributed by atoms with Crippen molar-refractivity contribution >= 4 is 52.0 Å². The van der Waals surface area contributed by atoms with Crippen LogP contribution in [0.2, 0.25) is 4.34 Å². The molecule has 2 N–H and O–H groups in total. The summed E-state index contributed by atoms with van der Waals surface area (Å²) in [6.07, 6.45) is -4.79. The number of morpholine rings is 1. The van der Waals surface area contributed by atoms with Crippen LogP contribution in [0.5, 0.6) is 0 Å². The zero-order valence-electron chi connectivity index (χ0n) is 21.2. The number of halogens is 4. The van der Waals surface area contributed by atoms with Gasteiger partial charge < -0.3 is 20.3 Å². The van der Waals surface area contributed by atoms with Crippen LogP contribution < -0.4 is 15.5 Å². The van der Waals surface area contributed by atoms with E-state index in [0.717, 1.165) is 23.5 Å². The molecule has 0 saturated carbocycles. The molecule has 208 valence electrons. The Morgan fingerprint density at radius 3 is 2.55 bits per heavy atom. The van der Waals surface area contributed by atoms with Crippen LogP contribution in [-0.2, 0) is 20.5 Å². The Morgan fingerprint density at radius 1 is 1.24 bits per heavy atom. The maximum Gasteiger partial charge on any atom is 0.418 e. The molecule has 0 bridgehead atoms. The average molecular weight is 575 g/mol. The lowest BCUT2D eigenvalue weighted by molar-refractivity contribution is -0.137. The third kappa shape index (κ3) is 7.68. The summed E-state index contributed by atoms with van der Waals surface area (Å²) >= 11 is 6.98. The molecule has 8 nitrogen and oxygen atoms in total. The number of anilines is 2. The van der Waals surface area contributed by atoms with Crippen molar-refractivity contribution in [2.24, 2.45) is 5.92 Å². The topological polar surface area (TPSA) is 91.0 Å². The number of nitrogens with zero attached hydrogens (tertiary/aromatic N) is 2. The predicted molar refractivity (Wildman–Crippen MR) is 141 cm³/mol. The molecule has 1 fully saturated rings. The summed E-state index contributed by atoms with van der Waals surface area (Å²) in [6.45, 7) is 6.66. The van der Waals surface area contributed by atoms with Crippen molar-refractivity contribution in [2.75, 3.05) is 49.6 Å². The van der Waals surface area contributed by atoms with Crippen LogP contribution >= 0.6 is 22.9 Å². The summed E-state index contributed by atoms with van der Waals surface area (Å²) < 4.78 is 47.6. The van der Waals surface area contributed by atoms with Crippen molar-refractivity contribution in [3.63, 3.8) is 0 Å². The summed E-state index contributed by atoms with van der Waals surface area (Å²) in [5.41, 5.74) is -1.45. The molecule has 2 heterocycles. The van der Waals surface area contributed by atoms with Crippen LogP contribution in [0.4, 0.5) is 24.5 Å². The minimum Gasteiger partial charge on any atom is -0.370 e. The van der Waals surface area contributed by atoms with Crippen molar-refractivity contribution < 1.29 is 32.3 Å². The Kier molecular flexibility index (Phi) is 10.2. The maximum atomic E-state index is 14.0. The van der Waals surface area contributed by atoms with E-state index < -0.39 is 41.2 Å². The van der Waals surface area contributed by atoms with Crippen LogP contribution in [0.25, 0.3) is 0 Å². The van der Waals surface area contributed by atoms with E-state index in [1.807, 2.05) is 20.8 Å². The number of hydrogen-bond acceptors (Lipinski definition) is 6. The quantitative estimate of drug-likeness (QED) is 0.436. The Balaban J connectivity index is 1.86. The SMILES string of the molecule is CCN(CC(C)C)[C@@H](CNC(=O)c1ccc(Cl)s1)C(=O)Nc1ccc(N2CCOCC2=O)cc1C(F)(F)F. The monoisotopic (exact) mass is 574 g/mol. The second-order valence-electron chi connectivity index (χ2n) is 9.13. The largest absolute Gasteiger partial charge is 0.418 e. The van der Waals surface area contributed by atoms with Crippen molar-refractivity contribution in [3.8, 4) is 0 Å². The van der Waals surface area contributed by atoms with Crippen LogP contribution in [0.15, 0.2) is 30.3 Å². The number of ether oxygens (including phenoxy) is 1. The minimum absolute atomic E-state index is 0.0667. The summed E-state index contributed by atoms with van der Waals surface area (Å²) in [4.78, 5) is 41.5. The van der Waals surface area contributed by atoms with E-state index in [0.29, 0.717) is 22.3 Å². The number of amides is 3. The molecule has 1 atom stereocenters. The zero-order chi connectivity index (χ0) is 28.0. The first-order chi connectivity index (χ1) is 17.9. The lowest BCUT2D eigenvalue weighted by Crippen LogP contribution is -2.51. The third-order valence-corrected chi connectivity index (χ3v) is 7.10. The molecule has 0 spiro atoms. The first-order valence-electron chi connectivity index (χ1n) is 12.1. The van der Waals surface area contributed by atoms with Gasteiger partial charge in [0.2, 0.25) is 5.91 Å². The molecule has 0 aliphatic carbocycles. The van der Waals surface area contributed by atoms with Gasteiger partial charge in [0, 0.05) is 25.3 Å². The molecular weight excluding hydrogens is 545 g/mol. The highest BCUT2D eigenvalue weighted by atomic mass is 35.5. The van der Waals surface area contributed by atoms with Gasteiger partial charge in [0.25, 0.3) is 11.8 Å². The van der Waals surface area contributed by atoms with E-state index >= 15 is 0 Å². The van der Waals surface area contributed by atoms with Gasteiger partial charge in [-0.2, -0.15) is 13.2 Å². The molecule has 13 heteroatoms. The van der Waals surface area contributed by atoms with E-state index in [2.05, 4.69) is 10.6 Å². The Hall–Kier alpha value is -2.67. The highest BCUT2D eigenvalue weighted by molar-refractivity contribution is 7.18. The number of hydrogen-bond donors (Lipinski definition) is 2. The van der Waals surface area contributed by atoms with Crippen LogP contribution in [0.3, 0.4) is 0 Å². The summed E-state index contributed by atoms with van der Waals surface area (Å²) in [5, 5.41) is 5.12. The fourth-order valence-electron chi connectivity index (χ4n) is 4.10. The van der Waals surface area contributed by atoms with E-state index in [1.165, 1.54) is 11.0 Å². The molecule has 1 aliphatic rings. The second kappa shape index (κ2) is 12.9. The first-order valence-corrected chi connectivity index (χ1v) is 13.3. The van der Waals surface area contributed by atoms with Gasteiger partial charge in [-0.25, -0.2) is 0 Å². The standard InChI is InChI=1S/C25H30ClF3N4O4S/c1-4-32(13-15(2)3)19(12-30-24(36)20-7-8-21(26)38-20)23(35)31-18-6-5-16(11-17(18)25(27,28)29)33-9-10-37-14-22(33)34/h5-8,11,15,19H,4,9-10,12-14H2,1-3H3,(H,30,36)(H,31,35)/t19-/m0/s1. The minimum atomic E-state index is -4.79. The van der Waals surface area contributed by atoms with Gasteiger partial charge in [0.1, 0.15) is 12.6 Å². The van der Waals surface area contributed by atoms with Crippen molar-refractivity contribution in [1.29, 1.82) is 0 Å². The molecule has 1 aliphatic heterocycles. The number of nitrogens with one attached hydrogen (secondary N) is 2. The number of likely N-dealkylation sites (N-methyl/N-ethyl adjacent to an activating group) is 1. The molecule has 1 saturated heterocycles. The fourth-order valence-corrected chi connectivity index (χ4v) is 5.06. The van der Waals surface area contributed by atoms with Crippen molar-refractivity contribution in [1.82, 2.24) is 10.2 Å². The lowest BCUT2D eigenvalue weighted by Gasteiger charge is -2.32. The van der Waals surface area contributed by atoms with Crippen LogP contribution in [-0.4, -0.2) is 68.1 Å². The molecule has 0 radical (unpaired) electrons. The average Bonchev–Trinajstić information content (AvgIpc) is 3.29. The Bertz CT molecular complexity index is 1160. The highest BCUT2D eigenvalue weighted by Gasteiger charge is 2.36. The molecule has 1 aromatic heterocycles. The third-order valence-electron chi connectivity index (χ3n) is 5.87. The molecule has 3 rings (SSSR count). The van der Waals surface area contributed by atoms with E-state index in [4.69, 9.17) is 16.3 Å². The van der Waals surface area contributed by atoms with Gasteiger partial charge in [-0.05, 0) is 42.8 Å². The maximum absolute atomic E-state index is 14.0. The number of alkyl halides is 3. The van der Waals surface area contributed by atoms with Gasteiger partial charge in [0.05, 0.1) is 27.1 Å².